The van der Waals surface area contributed by atoms with Gasteiger partial charge in [-0.05, 0) is 47.1 Å². The van der Waals surface area contributed by atoms with E-state index >= 15 is 0 Å². The number of pyridine rings is 1. The number of benzene rings is 1. The van der Waals surface area contributed by atoms with E-state index in [1.165, 1.54) is 16.2 Å². The molecule has 0 saturated heterocycles. The number of carbonyl (C=O) groups is 2. The third-order valence-electron chi connectivity index (χ3n) is 4.12. The highest BCUT2D eigenvalue weighted by atomic mass is 79.9. The smallest absolute Gasteiger partial charge is 0.262 e. The molecule has 3 heterocycles. The van der Waals surface area contributed by atoms with Gasteiger partial charge in [-0.2, -0.15) is 0 Å². The molecule has 0 radical (unpaired) electrons. The molecule has 1 aliphatic heterocycles. The van der Waals surface area contributed by atoms with Crippen LogP contribution in [0.1, 0.15) is 39.2 Å². The second-order valence-electron chi connectivity index (χ2n) is 5.52. The lowest BCUT2D eigenvalue weighted by molar-refractivity contribution is 0.0595. The first-order valence-electron chi connectivity index (χ1n) is 7.20. The summed E-state index contributed by atoms with van der Waals surface area (Å²) in [6.07, 6.45) is 0. The Morgan fingerprint density at radius 3 is 2.42 bits per heavy atom. The molecule has 0 N–H and O–H groups in total. The van der Waals surface area contributed by atoms with Gasteiger partial charge in [0.05, 0.1) is 21.0 Å². The van der Waals surface area contributed by atoms with Crippen LogP contribution >= 0.6 is 38.9 Å². The Hall–Kier alpha value is -1.76. The van der Waals surface area contributed by atoms with Crippen LogP contribution in [0.2, 0.25) is 5.15 Å². The van der Waals surface area contributed by atoms with Crippen molar-refractivity contribution >= 4 is 60.9 Å². The topological polar surface area (TPSA) is 50.3 Å². The van der Waals surface area contributed by atoms with Crippen molar-refractivity contribution in [3.8, 4) is 0 Å². The molecule has 0 bridgehead atoms. The number of fused-ring (bicyclic) bond motifs is 2. The predicted octanol–water partition coefficient (Wildman–Crippen LogP) is 5.07. The number of aromatic nitrogens is 1. The van der Waals surface area contributed by atoms with Crippen LogP contribution < -0.4 is 0 Å². The van der Waals surface area contributed by atoms with E-state index in [0.29, 0.717) is 21.8 Å². The summed E-state index contributed by atoms with van der Waals surface area (Å²) in [5, 5.41) is 1.23. The standard InChI is InChI=1S/C17H10BrClN2O2S/c1-8(12-6-9-7-13(18)24-15(9)20-14(12)19)21-16(22)10-4-2-3-5-11(10)17(21)23/h2-8H,1H3/t8-/m0/s1. The Labute approximate surface area is 155 Å². The van der Waals surface area contributed by atoms with E-state index in [2.05, 4.69) is 20.9 Å². The highest BCUT2D eigenvalue weighted by Crippen LogP contribution is 2.37. The van der Waals surface area contributed by atoms with Gasteiger partial charge >= 0.3 is 0 Å². The maximum absolute atomic E-state index is 12.6. The molecule has 4 nitrogen and oxygen atoms in total. The molecule has 1 aromatic carbocycles. The largest absolute Gasteiger partial charge is 0.269 e. The van der Waals surface area contributed by atoms with Gasteiger partial charge in [0.25, 0.3) is 11.8 Å². The lowest BCUT2D eigenvalue weighted by Crippen LogP contribution is -2.32. The molecule has 0 unspecified atom stereocenters. The maximum Gasteiger partial charge on any atom is 0.262 e. The molecular formula is C17H10BrClN2O2S. The Balaban J connectivity index is 1.80. The zero-order valence-electron chi connectivity index (χ0n) is 12.4. The van der Waals surface area contributed by atoms with Crippen molar-refractivity contribution in [3.05, 3.63) is 62.0 Å². The van der Waals surface area contributed by atoms with Crippen LogP contribution in [0.5, 0.6) is 0 Å². The van der Waals surface area contributed by atoms with Gasteiger partial charge in [0, 0.05) is 10.9 Å². The van der Waals surface area contributed by atoms with Gasteiger partial charge in [-0.1, -0.05) is 23.7 Å². The number of halogens is 2. The van der Waals surface area contributed by atoms with Gasteiger partial charge in [-0.25, -0.2) is 4.98 Å². The van der Waals surface area contributed by atoms with Gasteiger partial charge in [0.1, 0.15) is 9.98 Å². The first-order chi connectivity index (χ1) is 11.5. The Bertz CT molecular complexity index is 982. The molecule has 2 amide bonds. The highest BCUT2D eigenvalue weighted by Gasteiger charge is 2.39. The lowest BCUT2D eigenvalue weighted by atomic mass is 10.1. The molecule has 120 valence electrons. The summed E-state index contributed by atoms with van der Waals surface area (Å²) in [5.74, 6) is -0.600. The minimum Gasteiger partial charge on any atom is -0.269 e. The van der Waals surface area contributed by atoms with Crippen LogP contribution in [0.25, 0.3) is 10.2 Å². The van der Waals surface area contributed by atoms with Crippen molar-refractivity contribution in [3.63, 3.8) is 0 Å². The monoisotopic (exact) mass is 420 g/mol. The number of imide groups is 1. The highest BCUT2D eigenvalue weighted by molar-refractivity contribution is 9.11. The molecule has 1 atom stereocenters. The number of thiophene rings is 1. The normalized spacial score (nSPS) is 15.2. The SMILES string of the molecule is C[C@@H](c1cc2cc(Br)sc2nc1Cl)N1C(=O)c2ccccc2C1=O. The van der Waals surface area contributed by atoms with Gasteiger partial charge in [-0.3, -0.25) is 14.5 Å². The van der Waals surface area contributed by atoms with Crippen LogP contribution in [0.3, 0.4) is 0 Å². The van der Waals surface area contributed by atoms with E-state index in [1.807, 2.05) is 12.1 Å². The quantitative estimate of drug-likeness (QED) is 0.429. The van der Waals surface area contributed by atoms with Gasteiger partial charge in [0.15, 0.2) is 0 Å². The van der Waals surface area contributed by atoms with Gasteiger partial charge in [-0.15, -0.1) is 11.3 Å². The van der Waals surface area contributed by atoms with E-state index in [1.54, 1.807) is 31.2 Å². The van der Waals surface area contributed by atoms with E-state index in [9.17, 15) is 9.59 Å². The summed E-state index contributed by atoms with van der Waals surface area (Å²) >= 11 is 11.2. The van der Waals surface area contributed by atoms with Crippen molar-refractivity contribution in [1.29, 1.82) is 0 Å². The van der Waals surface area contributed by atoms with Crippen LogP contribution in [0.15, 0.2) is 40.2 Å². The minimum atomic E-state index is -0.500. The average molecular weight is 422 g/mol. The Kier molecular flexibility index (Phi) is 3.71. The van der Waals surface area contributed by atoms with Crippen LogP contribution in [-0.2, 0) is 0 Å². The molecule has 0 spiro atoms. The van der Waals surface area contributed by atoms with Gasteiger partial charge < -0.3 is 0 Å². The molecule has 24 heavy (non-hydrogen) atoms. The van der Waals surface area contributed by atoms with Gasteiger partial charge in [0.2, 0.25) is 0 Å². The summed E-state index contributed by atoms with van der Waals surface area (Å²) in [6, 6.07) is 10.2. The van der Waals surface area contributed by atoms with Crippen molar-refractivity contribution in [2.24, 2.45) is 0 Å². The molecule has 3 aromatic rings. The molecule has 4 rings (SSSR count). The van der Waals surface area contributed by atoms with Crippen LogP contribution in [-0.4, -0.2) is 21.7 Å². The van der Waals surface area contributed by atoms with E-state index in [0.717, 1.165) is 14.0 Å². The summed E-state index contributed by atoms with van der Waals surface area (Å²) < 4.78 is 0.951. The molecule has 2 aromatic heterocycles. The molecule has 0 aliphatic carbocycles. The summed E-state index contributed by atoms with van der Waals surface area (Å²) in [5.41, 5.74) is 1.51. The second kappa shape index (κ2) is 5.65. The fourth-order valence-electron chi connectivity index (χ4n) is 2.93. The second-order valence-corrected chi connectivity index (χ2v) is 8.28. The molecule has 0 saturated carbocycles. The predicted molar refractivity (Wildman–Crippen MR) is 97.7 cm³/mol. The first kappa shape index (κ1) is 15.7. The van der Waals surface area contributed by atoms with Crippen LogP contribution in [0, 0.1) is 0 Å². The van der Waals surface area contributed by atoms with Crippen LogP contribution in [0.4, 0.5) is 0 Å². The first-order valence-corrected chi connectivity index (χ1v) is 9.18. The number of rotatable bonds is 2. The van der Waals surface area contributed by atoms with Crippen molar-refractivity contribution in [2.45, 2.75) is 13.0 Å². The molecule has 1 aliphatic rings. The van der Waals surface area contributed by atoms with E-state index in [4.69, 9.17) is 11.6 Å². The minimum absolute atomic E-state index is 0.300. The number of nitrogens with zero attached hydrogens (tertiary/aromatic N) is 2. The Morgan fingerprint density at radius 1 is 1.17 bits per heavy atom. The van der Waals surface area contributed by atoms with E-state index < -0.39 is 6.04 Å². The van der Waals surface area contributed by atoms with Crippen molar-refractivity contribution in [1.82, 2.24) is 9.88 Å². The molecule has 7 heteroatoms. The zero-order chi connectivity index (χ0) is 17.0. The average Bonchev–Trinajstić information content (AvgIpc) is 3.03. The summed E-state index contributed by atoms with van der Waals surface area (Å²) in [6.45, 7) is 1.79. The lowest BCUT2D eigenvalue weighted by Gasteiger charge is -2.23. The Morgan fingerprint density at radius 2 is 1.79 bits per heavy atom. The maximum atomic E-state index is 12.6. The number of amides is 2. The molecule has 0 fully saturated rings. The third-order valence-corrected chi connectivity index (χ3v) is 5.97. The zero-order valence-corrected chi connectivity index (χ0v) is 15.6. The fraction of sp³-hybridized carbons (Fsp3) is 0.118. The van der Waals surface area contributed by atoms with E-state index in [-0.39, 0.29) is 11.8 Å². The summed E-state index contributed by atoms with van der Waals surface area (Å²) in [4.78, 5) is 31.7. The van der Waals surface area contributed by atoms with Crippen molar-refractivity contribution < 1.29 is 9.59 Å². The summed E-state index contributed by atoms with van der Waals surface area (Å²) in [7, 11) is 0. The fourth-order valence-corrected chi connectivity index (χ4v) is 4.72. The number of carbonyl (C=O) groups excluding carboxylic acids is 2. The van der Waals surface area contributed by atoms with Crippen molar-refractivity contribution in [2.75, 3.05) is 0 Å². The molecular weight excluding hydrogens is 412 g/mol. The number of hydrogen-bond donors (Lipinski definition) is 0. The third kappa shape index (κ3) is 2.29. The number of hydrogen-bond acceptors (Lipinski definition) is 4.